The van der Waals surface area contributed by atoms with Gasteiger partial charge in [0.1, 0.15) is 5.82 Å². The summed E-state index contributed by atoms with van der Waals surface area (Å²) in [4.78, 5) is 27.4. The van der Waals surface area contributed by atoms with Gasteiger partial charge in [-0.05, 0) is 42.9 Å². The third-order valence-electron chi connectivity index (χ3n) is 5.41. The van der Waals surface area contributed by atoms with E-state index >= 15 is 0 Å². The smallest absolute Gasteiger partial charge is 0.245 e. The molecule has 0 aliphatic carbocycles. The van der Waals surface area contributed by atoms with E-state index in [1.54, 1.807) is 4.90 Å². The first-order valence-electron chi connectivity index (χ1n) is 11.5. The van der Waals surface area contributed by atoms with Crippen LogP contribution in [0.4, 0.5) is 5.82 Å². The quantitative estimate of drug-likeness (QED) is 0.627. The monoisotopic (exact) mass is 440 g/mol. The van der Waals surface area contributed by atoms with E-state index in [4.69, 9.17) is 5.10 Å². The molecule has 1 N–H and O–H groups in total. The Morgan fingerprint density at radius 3 is 2.31 bits per heavy atom. The minimum absolute atomic E-state index is 0.00733. The molecule has 6 nitrogen and oxygen atoms in total. The van der Waals surface area contributed by atoms with E-state index in [9.17, 15) is 9.59 Å². The number of nitrogens with one attached hydrogen (secondary N) is 1. The van der Waals surface area contributed by atoms with Crippen molar-refractivity contribution in [3.05, 3.63) is 41.1 Å². The van der Waals surface area contributed by atoms with Crippen molar-refractivity contribution in [3.8, 4) is 5.69 Å². The summed E-state index contributed by atoms with van der Waals surface area (Å²) in [5, 5.41) is 7.85. The SMILES string of the molecule is CCCN(CC(=O)Nc1cc(C(C)(C)C)nn1-c1cccc(C)c1C)C(=O)CC(C)(C)C. The average molecular weight is 441 g/mol. The van der Waals surface area contributed by atoms with Crippen molar-refractivity contribution >= 4 is 17.6 Å². The number of hydrogen-bond acceptors (Lipinski definition) is 3. The van der Waals surface area contributed by atoms with Crippen LogP contribution < -0.4 is 5.32 Å². The highest BCUT2D eigenvalue weighted by Crippen LogP contribution is 2.28. The van der Waals surface area contributed by atoms with Gasteiger partial charge in [-0.15, -0.1) is 0 Å². The number of nitrogens with zero attached hydrogens (tertiary/aromatic N) is 3. The fourth-order valence-electron chi connectivity index (χ4n) is 3.47. The maximum atomic E-state index is 13.0. The van der Waals surface area contributed by atoms with Crippen molar-refractivity contribution in [2.24, 2.45) is 5.41 Å². The van der Waals surface area contributed by atoms with Crippen LogP contribution in [0.15, 0.2) is 24.3 Å². The van der Waals surface area contributed by atoms with Gasteiger partial charge in [0, 0.05) is 24.4 Å². The molecule has 0 spiro atoms. The molecule has 0 aliphatic heterocycles. The lowest BCUT2D eigenvalue weighted by atomic mass is 9.91. The first-order chi connectivity index (χ1) is 14.7. The second kappa shape index (κ2) is 9.88. The molecule has 2 aromatic rings. The predicted octanol–water partition coefficient (Wildman–Crippen LogP) is 5.40. The number of aryl methyl sites for hydroxylation is 1. The number of carbonyl (C=O) groups is 2. The Morgan fingerprint density at radius 1 is 1.09 bits per heavy atom. The summed E-state index contributed by atoms with van der Waals surface area (Å²) >= 11 is 0. The molecule has 176 valence electrons. The molecule has 0 fully saturated rings. The van der Waals surface area contributed by atoms with Crippen molar-refractivity contribution in [1.29, 1.82) is 0 Å². The number of hydrogen-bond donors (Lipinski definition) is 1. The fraction of sp³-hybridized carbons (Fsp3) is 0.577. The largest absolute Gasteiger partial charge is 0.333 e. The van der Waals surface area contributed by atoms with Crippen LogP contribution in [0.1, 0.15) is 78.1 Å². The zero-order valence-electron chi connectivity index (χ0n) is 21.3. The normalized spacial score (nSPS) is 12.0. The molecule has 0 saturated heterocycles. The topological polar surface area (TPSA) is 67.2 Å². The van der Waals surface area contributed by atoms with Gasteiger partial charge in [-0.25, -0.2) is 4.68 Å². The molecule has 0 radical (unpaired) electrons. The first kappa shape index (κ1) is 25.6. The Balaban J connectivity index is 2.34. The molecule has 2 rings (SSSR count). The van der Waals surface area contributed by atoms with Crippen LogP contribution in [0.25, 0.3) is 5.69 Å². The fourth-order valence-corrected chi connectivity index (χ4v) is 3.47. The summed E-state index contributed by atoms with van der Waals surface area (Å²) in [5.41, 5.74) is 3.81. The Hall–Kier alpha value is -2.63. The van der Waals surface area contributed by atoms with Crippen LogP contribution in [0.5, 0.6) is 0 Å². The summed E-state index contributed by atoms with van der Waals surface area (Å²) in [7, 11) is 0. The maximum Gasteiger partial charge on any atom is 0.245 e. The third kappa shape index (κ3) is 6.68. The van der Waals surface area contributed by atoms with Crippen LogP contribution in [0.2, 0.25) is 0 Å². The van der Waals surface area contributed by atoms with E-state index < -0.39 is 0 Å². The second-order valence-electron chi connectivity index (χ2n) is 10.9. The molecule has 6 heteroatoms. The standard InChI is InChI=1S/C26H40N4O2/c1-10-14-29(24(32)16-25(4,5)6)17-23(31)27-22-15-21(26(7,8)9)28-30(22)20-13-11-12-18(2)19(20)3/h11-13,15H,10,14,16-17H2,1-9H3,(H,27,31). The van der Waals surface area contributed by atoms with Gasteiger partial charge in [0.05, 0.1) is 17.9 Å². The maximum absolute atomic E-state index is 13.0. The number of amides is 2. The number of benzene rings is 1. The Kier molecular flexibility index (Phi) is 7.92. The molecule has 2 amide bonds. The second-order valence-corrected chi connectivity index (χ2v) is 10.9. The number of anilines is 1. The van der Waals surface area contributed by atoms with Crippen molar-refractivity contribution in [3.63, 3.8) is 0 Å². The Morgan fingerprint density at radius 2 is 1.75 bits per heavy atom. The van der Waals surface area contributed by atoms with Gasteiger partial charge in [0.2, 0.25) is 11.8 Å². The zero-order chi connectivity index (χ0) is 24.3. The molecular weight excluding hydrogens is 400 g/mol. The van der Waals surface area contributed by atoms with E-state index in [0.29, 0.717) is 18.8 Å². The summed E-state index contributed by atoms with van der Waals surface area (Å²) in [6, 6.07) is 8.00. The van der Waals surface area contributed by atoms with E-state index in [1.807, 2.05) is 50.6 Å². The molecule has 1 heterocycles. The van der Waals surface area contributed by atoms with Crippen molar-refractivity contribution in [2.75, 3.05) is 18.4 Å². The van der Waals surface area contributed by atoms with E-state index in [-0.39, 0.29) is 29.2 Å². The van der Waals surface area contributed by atoms with Crippen LogP contribution in [-0.2, 0) is 15.0 Å². The molecule has 0 saturated carbocycles. The molecule has 0 aliphatic rings. The lowest BCUT2D eigenvalue weighted by Gasteiger charge is -2.26. The molecule has 32 heavy (non-hydrogen) atoms. The molecule has 0 unspecified atom stereocenters. The predicted molar refractivity (Wildman–Crippen MR) is 131 cm³/mol. The van der Waals surface area contributed by atoms with Crippen LogP contribution in [0, 0.1) is 19.3 Å². The molecule has 0 atom stereocenters. The van der Waals surface area contributed by atoms with Crippen molar-refractivity contribution < 1.29 is 9.59 Å². The van der Waals surface area contributed by atoms with Crippen molar-refractivity contribution in [2.45, 2.75) is 80.6 Å². The summed E-state index contributed by atoms with van der Waals surface area (Å²) in [5.74, 6) is 0.411. The molecule has 1 aromatic carbocycles. The zero-order valence-corrected chi connectivity index (χ0v) is 21.3. The third-order valence-corrected chi connectivity index (χ3v) is 5.41. The molecule has 1 aromatic heterocycles. The van der Waals surface area contributed by atoms with Gasteiger partial charge in [-0.3, -0.25) is 9.59 Å². The van der Waals surface area contributed by atoms with E-state index in [0.717, 1.165) is 28.9 Å². The number of carbonyl (C=O) groups excluding carboxylic acids is 2. The van der Waals surface area contributed by atoms with Crippen LogP contribution in [0.3, 0.4) is 0 Å². The van der Waals surface area contributed by atoms with Gasteiger partial charge >= 0.3 is 0 Å². The average Bonchev–Trinajstić information content (AvgIpc) is 3.06. The molecule has 0 bridgehead atoms. The minimum atomic E-state index is -0.215. The highest BCUT2D eigenvalue weighted by molar-refractivity contribution is 5.94. The van der Waals surface area contributed by atoms with E-state index in [1.165, 1.54) is 0 Å². The number of rotatable bonds is 7. The number of aromatic nitrogens is 2. The first-order valence-corrected chi connectivity index (χ1v) is 11.5. The van der Waals surface area contributed by atoms with Gasteiger partial charge in [0.25, 0.3) is 0 Å². The van der Waals surface area contributed by atoms with Gasteiger partial charge < -0.3 is 10.2 Å². The minimum Gasteiger partial charge on any atom is -0.333 e. The lowest BCUT2D eigenvalue weighted by molar-refractivity contribution is -0.136. The van der Waals surface area contributed by atoms with E-state index in [2.05, 4.69) is 46.0 Å². The highest BCUT2D eigenvalue weighted by Gasteiger charge is 2.25. The molecular formula is C26H40N4O2. The lowest BCUT2D eigenvalue weighted by Crippen LogP contribution is -2.40. The summed E-state index contributed by atoms with van der Waals surface area (Å²) in [6.45, 7) is 19.1. The Bertz CT molecular complexity index is 961. The van der Waals surface area contributed by atoms with Crippen molar-refractivity contribution in [1.82, 2.24) is 14.7 Å². The van der Waals surface area contributed by atoms with Crippen LogP contribution >= 0.6 is 0 Å². The summed E-state index contributed by atoms with van der Waals surface area (Å²) in [6.07, 6.45) is 1.21. The van der Waals surface area contributed by atoms with Gasteiger partial charge in [-0.2, -0.15) is 5.10 Å². The Labute approximate surface area is 193 Å². The highest BCUT2D eigenvalue weighted by atomic mass is 16.2. The van der Waals surface area contributed by atoms with Gasteiger partial charge in [-0.1, -0.05) is 60.6 Å². The van der Waals surface area contributed by atoms with Gasteiger partial charge in [0.15, 0.2) is 0 Å². The van der Waals surface area contributed by atoms with Crippen LogP contribution in [-0.4, -0.2) is 39.6 Å². The summed E-state index contributed by atoms with van der Waals surface area (Å²) < 4.78 is 1.81.